The predicted octanol–water partition coefficient (Wildman–Crippen LogP) is 2.84. The minimum absolute atomic E-state index is 0.325. The number of aromatic nitrogens is 3. The van der Waals surface area contributed by atoms with Crippen molar-refractivity contribution in [2.45, 2.75) is 26.3 Å². The monoisotopic (exact) mass is 303 g/mol. The summed E-state index contributed by atoms with van der Waals surface area (Å²) in [7, 11) is 3.19. The maximum absolute atomic E-state index is 5.27. The van der Waals surface area contributed by atoms with Crippen molar-refractivity contribution in [3.05, 3.63) is 24.4 Å². The number of rotatable bonds is 7. The van der Waals surface area contributed by atoms with Crippen LogP contribution in [0.1, 0.15) is 20.3 Å². The molecule has 22 heavy (non-hydrogen) atoms. The van der Waals surface area contributed by atoms with Gasteiger partial charge in [-0.25, -0.2) is 0 Å². The van der Waals surface area contributed by atoms with Crippen LogP contribution in [-0.4, -0.2) is 35.4 Å². The Labute approximate surface area is 130 Å². The van der Waals surface area contributed by atoms with Gasteiger partial charge in [0.1, 0.15) is 0 Å². The lowest BCUT2D eigenvalue weighted by Crippen LogP contribution is -2.15. The number of hydrogen-bond acceptors (Lipinski definition) is 7. The summed E-state index contributed by atoms with van der Waals surface area (Å²) in [5, 5.41) is 14.3. The van der Waals surface area contributed by atoms with Gasteiger partial charge in [0.2, 0.25) is 5.95 Å². The maximum atomic E-state index is 5.27. The van der Waals surface area contributed by atoms with E-state index in [-0.39, 0.29) is 0 Å². The fourth-order valence-corrected chi connectivity index (χ4v) is 1.82. The van der Waals surface area contributed by atoms with Crippen LogP contribution < -0.4 is 20.1 Å². The highest BCUT2D eigenvalue weighted by molar-refractivity contribution is 5.60. The topological polar surface area (TPSA) is 81.2 Å². The SMILES string of the molecule is CCC(C)Nc1cnnc(Nc2ccc(OC)c(OC)c2)n1. The van der Waals surface area contributed by atoms with Crippen molar-refractivity contribution in [3.8, 4) is 11.5 Å². The molecule has 0 saturated carbocycles. The number of anilines is 3. The summed E-state index contributed by atoms with van der Waals surface area (Å²) in [6.07, 6.45) is 2.61. The van der Waals surface area contributed by atoms with Gasteiger partial charge >= 0.3 is 0 Å². The molecular formula is C15H21N5O2. The van der Waals surface area contributed by atoms with Gasteiger partial charge in [0.25, 0.3) is 0 Å². The molecule has 1 aromatic carbocycles. The molecule has 1 atom stereocenters. The Morgan fingerprint density at radius 2 is 1.95 bits per heavy atom. The highest BCUT2D eigenvalue weighted by atomic mass is 16.5. The highest BCUT2D eigenvalue weighted by Gasteiger charge is 2.07. The summed E-state index contributed by atoms with van der Waals surface area (Å²) < 4.78 is 10.5. The van der Waals surface area contributed by atoms with Crippen molar-refractivity contribution in [3.63, 3.8) is 0 Å². The summed E-state index contributed by atoms with van der Waals surface area (Å²) in [5.74, 6) is 2.40. The van der Waals surface area contributed by atoms with Crippen molar-refractivity contribution < 1.29 is 9.47 Å². The molecule has 118 valence electrons. The molecule has 0 spiro atoms. The molecule has 0 amide bonds. The quantitative estimate of drug-likeness (QED) is 0.814. The van der Waals surface area contributed by atoms with Crippen molar-refractivity contribution in [2.75, 3.05) is 24.9 Å². The fraction of sp³-hybridized carbons (Fsp3) is 0.400. The van der Waals surface area contributed by atoms with E-state index in [1.807, 2.05) is 18.2 Å². The fourth-order valence-electron chi connectivity index (χ4n) is 1.82. The molecule has 2 rings (SSSR count). The Morgan fingerprint density at radius 1 is 1.18 bits per heavy atom. The zero-order valence-electron chi connectivity index (χ0n) is 13.3. The average Bonchev–Trinajstić information content (AvgIpc) is 2.55. The van der Waals surface area contributed by atoms with Gasteiger partial charge in [0, 0.05) is 17.8 Å². The Morgan fingerprint density at radius 3 is 2.64 bits per heavy atom. The van der Waals surface area contributed by atoms with Gasteiger partial charge in [-0.05, 0) is 25.5 Å². The minimum atomic E-state index is 0.325. The van der Waals surface area contributed by atoms with Gasteiger partial charge in [0.05, 0.1) is 20.4 Å². The molecule has 2 N–H and O–H groups in total. The molecule has 1 heterocycles. The third-order valence-electron chi connectivity index (χ3n) is 3.21. The minimum Gasteiger partial charge on any atom is -0.493 e. The van der Waals surface area contributed by atoms with Crippen LogP contribution in [-0.2, 0) is 0 Å². The molecule has 0 bridgehead atoms. The van der Waals surface area contributed by atoms with Crippen LogP contribution in [0.5, 0.6) is 11.5 Å². The molecule has 0 aliphatic heterocycles. The Bertz CT molecular complexity index is 621. The second-order valence-corrected chi connectivity index (χ2v) is 4.81. The molecule has 0 aliphatic rings. The van der Waals surface area contributed by atoms with Crippen molar-refractivity contribution in [2.24, 2.45) is 0 Å². The number of nitrogens with zero attached hydrogens (tertiary/aromatic N) is 3. The Kier molecular flexibility index (Phi) is 5.35. The van der Waals surface area contributed by atoms with Crippen LogP contribution in [0.25, 0.3) is 0 Å². The van der Waals surface area contributed by atoms with Gasteiger partial charge in [0.15, 0.2) is 17.3 Å². The van der Waals surface area contributed by atoms with E-state index in [0.29, 0.717) is 29.3 Å². The molecule has 7 heteroatoms. The highest BCUT2D eigenvalue weighted by Crippen LogP contribution is 2.30. The first-order chi connectivity index (χ1) is 10.7. The van der Waals surface area contributed by atoms with Crippen LogP contribution in [0.4, 0.5) is 17.5 Å². The summed E-state index contributed by atoms with van der Waals surface area (Å²) >= 11 is 0. The summed E-state index contributed by atoms with van der Waals surface area (Å²) in [6, 6.07) is 5.82. The zero-order valence-corrected chi connectivity index (χ0v) is 13.3. The Hall–Kier alpha value is -2.57. The van der Waals surface area contributed by atoms with Crippen LogP contribution in [0.3, 0.4) is 0 Å². The standard InChI is InChI=1S/C15H21N5O2/c1-5-10(2)17-14-9-16-20-15(19-14)18-11-6-7-12(21-3)13(8-11)22-4/h6-10H,5H2,1-4H3,(H2,17,18,19,20). The van der Waals surface area contributed by atoms with Crippen LogP contribution >= 0.6 is 0 Å². The zero-order chi connectivity index (χ0) is 15.9. The van der Waals surface area contributed by atoms with Crippen LogP contribution in [0, 0.1) is 0 Å². The van der Waals surface area contributed by atoms with Crippen molar-refractivity contribution in [1.29, 1.82) is 0 Å². The molecule has 1 aromatic heterocycles. The third kappa shape index (κ3) is 3.97. The summed E-state index contributed by atoms with van der Waals surface area (Å²) in [5.41, 5.74) is 0.792. The number of hydrogen-bond donors (Lipinski definition) is 2. The molecule has 0 radical (unpaired) electrons. The molecular weight excluding hydrogens is 282 g/mol. The van der Waals surface area contributed by atoms with Gasteiger partial charge < -0.3 is 20.1 Å². The summed E-state index contributed by atoms with van der Waals surface area (Å²) in [4.78, 5) is 4.39. The smallest absolute Gasteiger partial charge is 0.249 e. The first-order valence-electron chi connectivity index (χ1n) is 7.11. The van der Waals surface area contributed by atoms with E-state index in [4.69, 9.17) is 9.47 Å². The first-order valence-corrected chi connectivity index (χ1v) is 7.11. The third-order valence-corrected chi connectivity index (χ3v) is 3.21. The van der Waals surface area contributed by atoms with Gasteiger partial charge in [-0.3, -0.25) is 0 Å². The Balaban J connectivity index is 2.15. The molecule has 2 aromatic rings. The van der Waals surface area contributed by atoms with Gasteiger partial charge in [-0.1, -0.05) is 6.92 Å². The van der Waals surface area contributed by atoms with Gasteiger partial charge in [-0.2, -0.15) is 10.1 Å². The van der Waals surface area contributed by atoms with E-state index in [9.17, 15) is 0 Å². The van der Waals surface area contributed by atoms with E-state index < -0.39 is 0 Å². The number of nitrogens with one attached hydrogen (secondary N) is 2. The first kappa shape index (κ1) is 15.8. The van der Waals surface area contributed by atoms with E-state index in [1.54, 1.807) is 20.4 Å². The van der Waals surface area contributed by atoms with E-state index in [2.05, 4.69) is 39.7 Å². The lowest BCUT2D eigenvalue weighted by atomic mass is 10.2. The summed E-state index contributed by atoms with van der Waals surface area (Å²) in [6.45, 7) is 4.19. The molecule has 7 nitrogen and oxygen atoms in total. The van der Waals surface area contributed by atoms with Gasteiger partial charge in [-0.15, -0.1) is 5.10 Å². The number of methoxy groups -OCH3 is 2. The van der Waals surface area contributed by atoms with E-state index in [0.717, 1.165) is 12.1 Å². The second kappa shape index (κ2) is 7.44. The molecule has 0 saturated heterocycles. The molecule has 1 unspecified atom stereocenters. The normalized spacial score (nSPS) is 11.6. The second-order valence-electron chi connectivity index (χ2n) is 4.81. The van der Waals surface area contributed by atoms with E-state index in [1.165, 1.54) is 0 Å². The maximum Gasteiger partial charge on any atom is 0.249 e. The predicted molar refractivity (Wildman–Crippen MR) is 86.0 cm³/mol. The van der Waals surface area contributed by atoms with E-state index >= 15 is 0 Å². The largest absolute Gasteiger partial charge is 0.493 e. The van der Waals surface area contributed by atoms with Crippen LogP contribution in [0.2, 0.25) is 0 Å². The molecule has 0 aliphatic carbocycles. The van der Waals surface area contributed by atoms with Crippen LogP contribution in [0.15, 0.2) is 24.4 Å². The average molecular weight is 303 g/mol. The molecule has 0 fully saturated rings. The number of benzene rings is 1. The van der Waals surface area contributed by atoms with Crippen molar-refractivity contribution in [1.82, 2.24) is 15.2 Å². The van der Waals surface area contributed by atoms with Crippen molar-refractivity contribution >= 4 is 17.5 Å². The lowest BCUT2D eigenvalue weighted by molar-refractivity contribution is 0.355. The number of ether oxygens (including phenoxy) is 2. The lowest BCUT2D eigenvalue weighted by Gasteiger charge is -2.13.